The highest BCUT2D eigenvalue weighted by Crippen LogP contribution is 2.43. The van der Waals surface area contributed by atoms with E-state index in [1.807, 2.05) is 18.4 Å². The van der Waals surface area contributed by atoms with Crippen LogP contribution in [0, 0.1) is 0 Å². The molecule has 4 atom stereocenters. The lowest BCUT2D eigenvalue weighted by Gasteiger charge is -2.25. The van der Waals surface area contributed by atoms with E-state index in [0.29, 0.717) is 23.5 Å². The highest BCUT2D eigenvalue weighted by Gasteiger charge is 2.55. The number of ether oxygens (including phenoxy) is 3. The van der Waals surface area contributed by atoms with Crippen LogP contribution in [0.15, 0.2) is 12.7 Å². The van der Waals surface area contributed by atoms with Gasteiger partial charge in [-0.15, -0.1) is 0 Å². The maximum atomic E-state index is 6.30. The molecule has 2 saturated heterocycles. The zero-order valence-electron chi connectivity index (χ0n) is 15.4. The van der Waals surface area contributed by atoms with Gasteiger partial charge in [-0.1, -0.05) is 13.3 Å². The predicted octanol–water partition coefficient (Wildman–Crippen LogP) is 1.22. The quantitative estimate of drug-likeness (QED) is 0.738. The third-order valence-corrected chi connectivity index (χ3v) is 4.84. The molecule has 2 aromatic rings. The highest BCUT2D eigenvalue weighted by atomic mass is 16.8. The third-order valence-electron chi connectivity index (χ3n) is 4.84. The predicted molar refractivity (Wildman–Crippen MR) is 95.2 cm³/mol. The topological polar surface area (TPSA) is 109 Å². The number of anilines is 1. The molecule has 26 heavy (non-hydrogen) atoms. The third kappa shape index (κ3) is 3.05. The monoisotopic (exact) mass is 362 g/mol. The Bertz CT molecular complexity index is 779. The normalized spacial score (nSPS) is 30.1. The summed E-state index contributed by atoms with van der Waals surface area (Å²) in [6.07, 6.45) is 4.52. The van der Waals surface area contributed by atoms with Crippen LogP contribution in [0.4, 0.5) is 5.82 Å². The SMILES string of the molecule is CCCCNCC1OC(n2cnc3c(N)ncnc32)[C@@H]2OC(C)(C)O[C@H]12. The molecule has 0 aliphatic carbocycles. The Morgan fingerprint density at radius 2 is 2.04 bits per heavy atom. The first kappa shape index (κ1) is 17.6. The summed E-state index contributed by atoms with van der Waals surface area (Å²) in [5.41, 5.74) is 7.10. The molecule has 0 bridgehead atoms. The maximum absolute atomic E-state index is 6.30. The summed E-state index contributed by atoms with van der Waals surface area (Å²) in [5.74, 6) is -0.298. The number of nitrogens with one attached hydrogen (secondary N) is 1. The molecule has 2 unspecified atom stereocenters. The molecule has 2 aliphatic rings. The molecule has 3 N–H and O–H groups in total. The molecule has 2 aromatic heterocycles. The molecule has 0 radical (unpaired) electrons. The van der Waals surface area contributed by atoms with E-state index in [4.69, 9.17) is 19.9 Å². The Hall–Kier alpha value is -1.81. The molecular weight excluding hydrogens is 336 g/mol. The summed E-state index contributed by atoms with van der Waals surface area (Å²) < 4.78 is 20.4. The Labute approximate surface area is 152 Å². The van der Waals surface area contributed by atoms with E-state index in [-0.39, 0.29) is 24.5 Å². The maximum Gasteiger partial charge on any atom is 0.167 e. The van der Waals surface area contributed by atoms with Crippen LogP contribution in [-0.2, 0) is 14.2 Å². The number of unbranched alkanes of at least 4 members (excludes halogenated alkanes) is 1. The van der Waals surface area contributed by atoms with Crippen LogP contribution in [0.25, 0.3) is 11.2 Å². The van der Waals surface area contributed by atoms with Crippen molar-refractivity contribution in [2.75, 3.05) is 18.8 Å². The van der Waals surface area contributed by atoms with Crippen LogP contribution in [0.1, 0.15) is 39.8 Å². The van der Waals surface area contributed by atoms with Gasteiger partial charge in [-0.2, -0.15) is 0 Å². The van der Waals surface area contributed by atoms with E-state index in [2.05, 4.69) is 27.2 Å². The van der Waals surface area contributed by atoms with Crippen molar-refractivity contribution in [1.29, 1.82) is 0 Å². The molecule has 0 saturated carbocycles. The summed E-state index contributed by atoms with van der Waals surface area (Å²) in [5, 5.41) is 3.45. The van der Waals surface area contributed by atoms with Gasteiger partial charge in [0.1, 0.15) is 30.2 Å². The number of nitrogens with zero attached hydrogens (tertiary/aromatic N) is 4. The standard InChI is InChI=1S/C17H26N6O3/c1-4-5-6-19-7-10-12-13(26-17(2,3)25-12)16(24-10)23-9-22-11-14(18)20-8-21-15(11)23/h8-10,12-13,16,19H,4-7H2,1-3H3,(H2,18,20,21)/t10?,12-,13-,16?/m1/s1. The number of fused-ring (bicyclic) bond motifs is 2. The van der Waals surface area contributed by atoms with Crippen LogP contribution in [0.2, 0.25) is 0 Å². The van der Waals surface area contributed by atoms with E-state index >= 15 is 0 Å². The number of nitrogen functional groups attached to an aromatic ring is 1. The van der Waals surface area contributed by atoms with E-state index in [9.17, 15) is 0 Å². The van der Waals surface area contributed by atoms with E-state index in [1.165, 1.54) is 6.33 Å². The Morgan fingerprint density at radius 1 is 1.23 bits per heavy atom. The van der Waals surface area contributed by atoms with Gasteiger partial charge in [-0.3, -0.25) is 4.57 Å². The first-order valence-corrected chi connectivity index (χ1v) is 9.15. The number of rotatable bonds is 6. The Morgan fingerprint density at radius 3 is 2.85 bits per heavy atom. The molecule has 0 amide bonds. The summed E-state index contributed by atoms with van der Waals surface area (Å²) in [6.45, 7) is 7.70. The second-order valence-corrected chi connectivity index (χ2v) is 7.27. The molecule has 0 aromatic carbocycles. The van der Waals surface area contributed by atoms with Gasteiger partial charge in [0, 0.05) is 6.54 Å². The average molecular weight is 362 g/mol. The van der Waals surface area contributed by atoms with Crippen molar-refractivity contribution in [2.45, 2.75) is 63.9 Å². The summed E-state index contributed by atoms with van der Waals surface area (Å²) in [6, 6.07) is 0. The number of imidazole rings is 1. The first-order chi connectivity index (χ1) is 12.5. The van der Waals surface area contributed by atoms with Gasteiger partial charge in [0.15, 0.2) is 23.5 Å². The highest BCUT2D eigenvalue weighted by molar-refractivity contribution is 5.81. The summed E-state index contributed by atoms with van der Waals surface area (Å²) >= 11 is 0. The number of aromatic nitrogens is 4. The van der Waals surface area contributed by atoms with Gasteiger partial charge in [0.05, 0.1) is 6.33 Å². The molecular formula is C17H26N6O3. The average Bonchev–Trinajstić information content (AvgIpc) is 3.24. The zero-order valence-corrected chi connectivity index (χ0v) is 15.4. The lowest BCUT2D eigenvalue weighted by molar-refractivity contribution is -0.195. The largest absolute Gasteiger partial charge is 0.382 e. The van der Waals surface area contributed by atoms with E-state index in [0.717, 1.165) is 19.4 Å². The minimum absolute atomic E-state index is 0.111. The molecule has 9 nitrogen and oxygen atoms in total. The molecule has 4 rings (SSSR count). The van der Waals surface area contributed by atoms with E-state index < -0.39 is 5.79 Å². The van der Waals surface area contributed by atoms with Crippen LogP contribution in [0.3, 0.4) is 0 Å². The minimum atomic E-state index is -0.649. The molecule has 4 heterocycles. The molecule has 9 heteroatoms. The van der Waals surface area contributed by atoms with Gasteiger partial charge in [0.2, 0.25) is 0 Å². The van der Waals surface area contributed by atoms with E-state index in [1.54, 1.807) is 6.33 Å². The van der Waals surface area contributed by atoms with Crippen molar-refractivity contribution in [2.24, 2.45) is 0 Å². The molecule has 2 aliphatic heterocycles. The van der Waals surface area contributed by atoms with Crippen molar-refractivity contribution in [3.8, 4) is 0 Å². The fraction of sp³-hybridized carbons (Fsp3) is 0.706. The lowest BCUT2D eigenvalue weighted by Crippen LogP contribution is -2.37. The van der Waals surface area contributed by atoms with Crippen molar-refractivity contribution >= 4 is 17.0 Å². The fourth-order valence-electron chi connectivity index (χ4n) is 3.65. The van der Waals surface area contributed by atoms with Crippen LogP contribution >= 0.6 is 0 Å². The van der Waals surface area contributed by atoms with Crippen LogP contribution < -0.4 is 11.1 Å². The Kier molecular flexibility index (Phi) is 4.55. The van der Waals surface area contributed by atoms with Crippen molar-refractivity contribution < 1.29 is 14.2 Å². The lowest BCUT2D eigenvalue weighted by atomic mass is 10.1. The Balaban J connectivity index is 1.60. The smallest absolute Gasteiger partial charge is 0.167 e. The fourth-order valence-corrected chi connectivity index (χ4v) is 3.65. The molecule has 142 valence electrons. The van der Waals surface area contributed by atoms with Crippen LogP contribution in [0.5, 0.6) is 0 Å². The van der Waals surface area contributed by atoms with Gasteiger partial charge < -0.3 is 25.3 Å². The minimum Gasteiger partial charge on any atom is -0.382 e. The van der Waals surface area contributed by atoms with Gasteiger partial charge in [0.25, 0.3) is 0 Å². The molecule has 2 fully saturated rings. The summed E-state index contributed by atoms with van der Waals surface area (Å²) in [4.78, 5) is 12.7. The second-order valence-electron chi connectivity index (χ2n) is 7.27. The number of nitrogens with two attached hydrogens (primary N) is 1. The second kappa shape index (κ2) is 6.73. The van der Waals surface area contributed by atoms with Crippen molar-refractivity contribution in [3.63, 3.8) is 0 Å². The van der Waals surface area contributed by atoms with Crippen LogP contribution in [-0.4, -0.2) is 56.7 Å². The summed E-state index contributed by atoms with van der Waals surface area (Å²) in [7, 11) is 0. The van der Waals surface area contributed by atoms with Crippen molar-refractivity contribution in [1.82, 2.24) is 24.8 Å². The molecule has 0 spiro atoms. The number of hydrogen-bond donors (Lipinski definition) is 2. The first-order valence-electron chi connectivity index (χ1n) is 9.15. The zero-order chi connectivity index (χ0) is 18.3. The number of hydrogen-bond acceptors (Lipinski definition) is 8. The van der Waals surface area contributed by atoms with Gasteiger partial charge >= 0.3 is 0 Å². The van der Waals surface area contributed by atoms with Gasteiger partial charge in [-0.05, 0) is 26.8 Å². The van der Waals surface area contributed by atoms with Gasteiger partial charge in [-0.25, -0.2) is 15.0 Å². The van der Waals surface area contributed by atoms with Crippen molar-refractivity contribution in [3.05, 3.63) is 12.7 Å².